The van der Waals surface area contributed by atoms with Gasteiger partial charge in [0.25, 0.3) is 5.91 Å². The number of aliphatic hydroxyl groups is 1. The first kappa shape index (κ1) is 12.8. The van der Waals surface area contributed by atoms with Gasteiger partial charge >= 0.3 is 0 Å². The molecule has 0 aliphatic carbocycles. The molecule has 0 saturated carbocycles. The number of piperidine rings is 1. The van der Waals surface area contributed by atoms with E-state index in [9.17, 15) is 4.79 Å². The lowest BCUT2D eigenvalue weighted by Crippen LogP contribution is -2.41. The Morgan fingerprint density at radius 1 is 1.61 bits per heavy atom. The zero-order chi connectivity index (χ0) is 13.0. The molecular formula is C12H18N4O2. The van der Waals surface area contributed by atoms with Crippen LogP contribution < -0.4 is 5.32 Å². The summed E-state index contributed by atoms with van der Waals surface area (Å²) in [6.07, 6.45) is 4.95. The number of amides is 1. The van der Waals surface area contributed by atoms with Gasteiger partial charge in [-0.3, -0.25) is 9.78 Å². The van der Waals surface area contributed by atoms with E-state index in [0.717, 1.165) is 19.4 Å². The second kappa shape index (κ2) is 5.77. The number of carbonyl (C=O) groups is 1. The molecule has 1 unspecified atom stereocenters. The number of rotatable bonds is 3. The number of carbonyl (C=O) groups excluding carboxylic acids is 1. The largest absolute Gasteiger partial charge is 0.396 e. The van der Waals surface area contributed by atoms with Gasteiger partial charge in [0.2, 0.25) is 0 Å². The van der Waals surface area contributed by atoms with Crippen molar-refractivity contribution in [3.63, 3.8) is 0 Å². The molecule has 1 atom stereocenters. The summed E-state index contributed by atoms with van der Waals surface area (Å²) in [7, 11) is 1.74. The fraction of sp³-hybridized carbons (Fsp3) is 0.583. The molecule has 1 aromatic heterocycles. The molecule has 0 radical (unpaired) electrons. The summed E-state index contributed by atoms with van der Waals surface area (Å²) in [5.74, 6) is 0.650. The minimum atomic E-state index is -0.113. The minimum absolute atomic E-state index is 0.113. The molecule has 18 heavy (non-hydrogen) atoms. The number of likely N-dealkylation sites (tertiary alicyclic amines) is 1. The number of hydrogen-bond acceptors (Lipinski definition) is 5. The average molecular weight is 250 g/mol. The molecule has 6 heteroatoms. The van der Waals surface area contributed by atoms with Gasteiger partial charge in [-0.25, -0.2) is 4.98 Å². The number of aromatic nitrogens is 2. The summed E-state index contributed by atoms with van der Waals surface area (Å²) in [5.41, 5.74) is 0.348. The van der Waals surface area contributed by atoms with Gasteiger partial charge in [0.15, 0.2) is 0 Å². The van der Waals surface area contributed by atoms with Gasteiger partial charge in [0, 0.05) is 26.7 Å². The second-order valence-corrected chi connectivity index (χ2v) is 4.48. The molecule has 0 spiro atoms. The van der Waals surface area contributed by atoms with Gasteiger partial charge in [0.1, 0.15) is 11.5 Å². The molecule has 1 saturated heterocycles. The third-order valence-corrected chi connectivity index (χ3v) is 3.17. The van der Waals surface area contributed by atoms with E-state index < -0.39 is 0 Å². The third-order valence-electron chi connectivity index (χ3n) is 3.17. The zero-order valence-electron chi connectivity index (χ0n) is 10.5. The van der Waals surface area contributed by atoms with Crippen LogP contribution in [-0.4, -0.2) is 52.6 Å². The van der Waals surface area contributed by atoms with Crippen molar-refractivity contribution in [3.05, 3.63) is 18.1 Å². The average Bonchev–Trinajstić information content (AvgIpc) is 2.46. The van der Waals surface area contributed by atoms with Crippen molar-refractivity contribution in [2.45, 2.75) is 12.8 Å². The highest BCUT2D eigenvalue weighted by atomic mass is 16.3. The van der Waals surface area contributed by atoms with Gasteiger partial charge in [-0.05, 0) is 18.8 Å². The van der Waals surface area contributed by atoms with Crippen LogP contribution in [0.1, 0.15) is 23.3 Å². The molecule has 98 valence electrons. The maximum Gasteiger partial charge on any atom is 0.274 e. The lowest BCUT2D eigenvalue weighted by molar-refractivity contribution is 0.0614. The number of nitrogens with one attached hydrogen (secondary N) is 1. The molecule has 2 heterocycles. The van der Waals surface area contributed by atoms with Crippen LogP contribution in [0.2, 0.25) is 0 Å². The van der Waals surface area contributed by atoms with E-state index in [-0.39, 0.29) is 18.4 Å². The van der Waals surface area contributed by atoms with Crippen LogP contribution in [0.25, 0.3) is 0 Å². The summed E-state index contributed by atoms with van der Waals surface area (Å²) in [6.45, 7) is 1.45. The van der Waals surface area contributed by atoms with Crippen molar-refractivity contribution in [3.8, 4) is 0 Å². The highest BCUT2D eigenvalue weighted by Crippen LogP contribution is 2.17. The van der Waals surface area contributed by atoms with E-state index >= 15 is 0 Å². The second-order valence-electron chi connectivity index (χ2n) is 4.48. The SMILES string of the molecule is CNc1cncc(C(=O)N2CCCC(CO)C2)n1. The van der Waals surface area contributed by atoms with Crippen LogP contribution >= 0.6 is 0 Å². The molecule has 1 fully saturated rings. The molecular weight excluding hydrogens is 232 g/mol. The number of aliphatic hydroxyl groups excluding tert-OH is 1. The van der Waals surface area contributed by atoms with Crippen LogP contribution in [0.3, 0.4) is 0 Å². The quantitative estimate of drug-likeness (QED) is 0.810. The Hall–Kier alpha value is -1.69. The van der Waals surface area contributed by atoms with Gasteiger partial charge < -0.3 is 15.3 Å². The Morgan fingerprint density at radius 2 is 2.44 bits per heavy atom. The zero-order valence-corrected chi connectivity index (χ0v) is 10.5. The molecule has 0 aromatic carbocycles. The molecule has 1 aliphatic rings. The lowest BCUT2D eigenvalue weighted by Gasteiger charge is -2.31. The van der Waals surface area contributed by atoms with E-state index in [1.807, 2.05) is 0 Å². The van der Waals surface area contributed by atoms with Crippen molar-refractivity contribution in [1.82, 2.24) is 14.9 Å². The Kier molecular flexibility index (Phi) is 4.09. The highest BCUT2D eigenvalue weighted by Gasteiger charge is 2.24. The van der Waals surface area contributed by atoms with Crippen molar-refractivity contribution in [2.75, 3.05) is 32.1 Å². The molecule has 1 aliphatic heterocycles. The van der Waals surface area contributed by atoms with Gasteiger partial charge in [-0.2, -0.15) is 0 Å². The van der Waals surface area contributed by atoms with Crippen LogP contribution in [0.4, 0.5) is 5.82 Å². The lowest BCUT2D eigenvalue weighted by atomic mass is 9.99. The predicted molar refractivity (Wildman–Crippen MR) is 67.3 cm³/mol. The highest BCUT2D eigenvalue weighted by molar-refractivity contribution is 5.92. The fourth-order valence-electron chi connectivity index (χ4n) is 2.15. The normalized spacial score (nSPS) is 19.7. The Morgan fingerprint density at radius 3 is 3.17 bits per heavy atom. The van der Waals surface area contributed by atoms with Gasteiger partial charge in [-0.1, -0.05) is 0 Å². The molecule has 0 bridgehead atoms. The van der Waals surface area contributed by atoms with Crippen molar-refractivity contribution >= 4 is 11.7 Å². The van der Waals surface area contributed by atoms with Crippen molar-refractivity contribution < 1.29 is 9.90 Å². The Balaban J connectivity index is 2.10. The van der Waals surface area contributed by atoms with Gasteiger partial charge in [-0.15, -0.1) is 0 Å². The number of nitrogens with zero attached hydrogens (tertiary/aromatic N) is 3. The molecule has 1 amide bonds. The standard InChI is InChI=1S/C12H18N4O2/c1-13-11-6-14-5-10(15-11)12(18)16-4-2-3-9(7-16)8-17/h5-6,9,17H,2-4,7-8H2,1H3,(H,13,15). The van der Waals surface area contributed by atoms with Crippen LogP contribution in [0, 0.1) is 5.92 Å². The third kappa shape index (κ3) is 2.76. The van der Waals surface area contributed by atoms with Crippen molar-refractivity contribution in [1.29, 1.82) is 0 Å². The molecule has 2 rings (SSSR count). The summed E-state index contributed by atoms with van der Waals surface area (Å²) >= 11 is 0. The first-order valence-electron chi connectivity index (χ1n) is 6.14. The first-order chi connectivity index (χ1) is 8.74. The first-order valence-corrected chi connectivity index (χ1v) is 6.14. The van der Waals surface area contributed by atoms with Crippen LogP contribution in [-0.2, 0) is 0 Å². The summed E-state index contributed by atoms with van der Waals surface area (Å²) < 4.78 is 0. The monoisotopic (exact) mass is 250 g/mol. The number of anilines is 1. The topological polar surface area (TPSA) is 78.4 Å². The predicted octanol–water partition coefficient (Wildman–Crippen LogP) is 0.363. The number of hydrogen-bond donors (Lipinski definition) is 2. The maximum absolute atomic E-state index is 12.2. The van der Waals surface area contributed by atoms with Crippen molar-refractivity contribution in [2.24, 2.45) is 5.92 Å². The summed E-state index contributed by atoms with van der Waals surface area (Å²) in [4.78, 5) is 22.2. The van der Waals surface area contributed by atoms with E-state index in [0.29, 0.717) is 18.1 Å². The Labute approximate surface area is 106 Å². The van der Waals surface area contributed by atoms with E-state index in [4.69, 9.17) is 5.11 Å². The minimum Gasteiger partial charge on any atom is -0.396 e. The summed E-state index contributed by atoms with van der Waals surface area (Å²) in [6, 6.07) is 0. The molecule has 6 nitrogen and oxygen atoms in total. The van der Waals surface area contributed by atoms with Crippen LogP contribution in [0.5, 0.6) is 0 Å². The van der Waals surface area contributed by atoms with E-state index in [1.165, 1.54) is 6.20 Å². The summed E-state index contributed by atoms with van der Waals surface area (Å²) in [5, 5.41) is 12.0. The van der Waals surface area contributed by atoms with E-state index in [2.05, 4.69) is 15.3 Å². The van der Waals surface area contributed by atoms with Gasteiger partial charge in [0.05, 0.1) is 12.4 Å². The molecule has 1 aromatic rings. The fourth-order valence-corrected chi connectivity index (χ4v) is 2.15. The Bertz CT molecular complexity index is 424. The van der Waals surface area contributed by atoms with E-state index in [1.54, 1.807) is 18.1 Å². The molecule has 2 N–H and O–H groups in total. The van der Waals surface area contributed by atoms with Crippen LogP contribution in [0.15, 0.2) is 12.4 Å². The smallest absolute Gasteiger partial charge is 0.274 e. The maximum atomic E-state index is 12.2.